The maximum Gasteiger partial charge on any atom is 0.342 e. The van der Waals surface area contributed by atoms with Crippen molar-refractivity contribution in [2.24, 2.45) is 0 Å². The average molecular weight is 544 g/mol. The quantitative estimate of drug-likeness (QED) is 0.313. The van der Waals surface area contributed by atoms with Crippen molar-refractivity contribution in [3.8, 4) is 0 Å². The van der Waals surface area contributed by atoms with Crippen LogP contribution in [-0.2, 0) is 11.2 Å². The lowest BCUT2D eigenvalue weighted by atomic mass is 9.90. The van der Waals surface area contributed by atoms with Crippen LogP contribution in [0.5, 0.6) is 0 Å². The van der Waals surface area contributed by atoms with E-state index in [9.17, 15) is 19.5 Å². The Morgan fingerprint density at radius 2 is 1.77 bits per heavy atom. The third-order valence-corrected chi connectivity index (χ3v) is 8.21. The van der Waals surface area contributed by atoms with Gasteiger partial charge in [-0.25, -0.2) is 9.18 Å². The van der Waals surface area contributed by atoms with E-state index in [1.165, 1.54) is 11.3 Å². The summed E-state index contributed by atoms with van der Waals surface area (Å²) in [4.78, 5) is 41.2. The van der Waals surface area contributed by atoms with E-state index in [0.29, 0.717) is 24.0 Å². The van der Waals surface area contributed by atoms with E-state index in [1.807, 2.05) is 69.3 Å². The van der Waals surface area contributed by atoms with Gasteiger partial charge in [-0.05, 0) is 62.6 Å². The first-order valence-corrected chi connectivity index (χ1v) is 13.5. The molecule has 6 rings (SSSR count). The molecule has 39 heavy (non-hydrogen) atoms. The Bertz CT molecular complexity index is 1890. The predicted molar refractivity (Wildman–Crippen MR) is 152 cm³/mol. The molecule has 1 aliphatic heterocycles. The molecule has 0 bridgehead atoms. The molecule has 7 nitrogen and oxygen atoms in total. The van der Waals surface area contributed by atoms with Crippen LogP contribution in [0.4, 0.5) is 10.1 Å². The first-order valence-electron chi connectivity index (χ1n) is 12.6. The van der Waals surface area contributed by atoms with Crippen LogP contribution in [0.15, 0.2) is 65.5 Å². The predicted octanol–water partition coefficient (Wildman–Crippen LogP) is 5.52. The summed E-state index contributed by atoms with van der Waals surface area (Å²) in [5.41, 5.74) is 1.49. The van der Waals surface area contributed by atoms with Gasteiger partial charge in [-0.1, -0.05) is 36.4 Å². The minimum absolute atomic E-state index is 0.0252. The molecule has 1 amide bonds. The molecule has 0 saturated heterocycles. The fourth-order valence-corrected chi connectivity index (χ4v) is 6.68. The molecule has 3 aromatic carbocycles. The number of para-hydroxylation sites is 1. The van der Waals surface area contributed by atoms with Crippen LogP contribution in [0.25, 0.3) is 25.9 Å². The van der Waals surface area contributed by atoms with E-state index in [-0.39, 0.29) is 27.4 Å². The van der Waals surface area contributed by atoms with Crippen LogP contribution in [0, 0.1) is 5.82 Å². The first-order chi connectivity index (χ1) is 18.5. The fourth-order valence-electron chi connectivity index (χ4n) is 5.49. The van der Waals surface area contributed by atoms with Crippen LogP contribution >= 0.6 is 11.3 Å². The van der Waals surface area contributed by atoms with E-state index >= 15 is 4.39 Å². The van der Waals surface area contributed by atoms with Crippen molar-refractivity contribution >= 4 is 54.9 Å². The van der Waals surface area contributed by atoms with Crippen molar-refractivity contribution in [1.29, 1.82) is 0 Å². The zero-order valence-corrected chi connectivity index (χ0v) is 22.4. The van der Waals surface area contributed by atoms with Gasteiger partial charge in [-0.2, -0.15) is 0 Å². The number of halogens is 1. The lowest BCUT2D eigenvalue weighted by molar-refractivity contribution is -0.124. The van der Waals surface area contributed by atoms with Gasteiger partial charge in [0.25, 0.3) is 0 Å². The topological polar surface area (TPSA) is 91.1 Å². The van der Waals surface area contributed by atoms with Crippen molar-refractivity contribution in [1.82, 2.24) is 9.72 Å². The molecule has 2 aromatic heterocycles. The molecule has 0 fully saturated rings. The Labute approximate surface area is 227 Å². The Kier molecular flexibility index (Phi) is 5.73. The molecule has 2 N–H and O–H groups in total. The van der Waals surface area contributed by atoms with E-state index in [1.54, 1.807) is 15.4 Å². The molecule has 1 atom stereocenters. The van der Waals surface area contributed by atoms with Crippen molar-refractivity contribution in [3.05, 3.63) is 93.4 Å². The number of amides is 1. The molecule has 1 unspecified atom stereocenters. The minimum atomic E-state index is -1.36. The number of nitrogens with zero attached hydrogens (tertiary/aromatic N) is 2. The molecule has 3 heterocycles. The summed E-state index contributed by atoms with van der Waals surface area (Å²) in [5.74, 6) is -2.30. The van der Waals surface area contributed by atoms with E-state index in [2.05, 4.69) is 5.32 Å². The largest absolute Gasteiger partial charge is 0.477 e. The molecule has 0 radical (unpaired) electrons. The second-order valence-electron chi connectivity index (χ2n) is 10.8. The molecule has 9 heteroatoms. The first kappa shape index (κ1) is 25.1. The fraction of sp³-hybridized carbons (Fsp3) is 0.233. The van der Waals surface area contributed by atoms with Gasteiger partial charge in [-0.3, -0.25) is 14.0 Å². The average Bonchev–Trinajstić information content (AvgIpc) is 3.26. The molecular formula is C30H26FN3O4S. The molecule has 198 valence electrons. The lowest BCUT2D eigenvalue weighted by Crippen LogP contribution is -2.50. The van der Waals surface area contributed by atoms with Gasteiger partial charge < -0.3 is 15.3 Å². The zero-order valence-electron chi connectivity index (χ0n) is 21.6. The number of hydrogen-bond acceptors (Lipinski definition) is 5. The van der Waals surface area contributed by atoms with Gasteiger partial charge in [0.15, 0.2) is 0 Å². The Hall–Kier alpha value is -4.24. The highest BCUT2D eigenvalue weighted by molar-refractivity contribution is 7.24. The van der Waals surface area contributed by atoms with Crippen LogP contribution in [0.2, 0.25) is 0 Å². The second kappa shape index (κ2) is 8.91. The summed E-state index contributed by atoms with van der Waals surface area (Å²) >= 11 is 1.20. The molecule has 5 aromatic rings. The summed E-state index contributed by atoms with van der Waals surface area (Å²) in [6.07, 6.45) is 0.613. The number of pyridine rings is 1. The number of carbonyl (C=O) groups excluding carboxylic acids is 1. The standard InChI is InChI=1S/C30H26FN3O4S/c1-30(2,3)32-27(36)25-17-9-5-4-8-16(17)12-13-33(25)22-15-21-18(14-19(22)31)26(35)24(29(37)38)28-34(21)20-10-6-7-11-23(20)39-28/h4-11,14-15,25H,12-13H2,1-3H3,(H,32,36)(H,37,38). The highest BCUT2D eigenvalue weighted by Crippen LogP contribution is 2.38. The number of carbonyl (C=O) groups is 2. The van der Waals surface area contributed by atoms with E-state index < -0.39 is 28.8 Å². The highest BCUT2D eigenvalue weighted by atomic mass is 32.1. The third kappa shape index (κ3) is 4.04. The van der Waals surface area contributed by atoms with E-state index in [4.69, 9.17) is 0 Å². The summed E-state index contributed by atoms with van der Waals surface area (Å²) in [6.45, 7) is 6.07. The van der Waals surface area contributed by atoms with Gasteiger partial charge in [0.05, 0.1) is 26.8 Å². The number of thiazole rings is 1. The highest BCUT2D eigenvalue weighted by Gasteiger charge is 2.36. The Morgan fingerprint density at radius 3 is 2.51 bits per heavy atom. The third-order valence-electron chi connectivity index (χ3n) is 7.06. The molecule has 0 saturated carbocycles. The number of rotatable bonds is 3. The number of fused-ring (bicyclic) bond motifs is 6. The second-order valence-corrected chi connectivity index (χ2v) is 11.9. The lowest BCUT2D eigenvalue weighted by Gasteiger charge is -2.39. The molecule has 0 spiro atoms. The smallest absolute Gasteiger partial charge is 0.342 e. The SMILES string of the molecule is CC(C)(C)NC(=O)C1c2ccccc2CCN1c1cc2c(cc1F)c(=O)c(C(=O)O)c1sc3ccccc3n12. The van der Waals surface area contributed by atoms with Gasteiger partial charge in [0, 0.05) is 12.1 Å². The summed E-state index contributed by atoms with van der Waals surface area (Å²) in [5, 5.41) is 12.9. The zero-order chi connectivity index (χ0) is 27.6. The maximum atomic E-state index is 15.9. The normalized spacial score (nSPS) is 15.6. The number of nitrogens with one attached hydrogen (secondary N) is 1. The molecule has 0 aliphatic carbocycles. The van der Waals surface area contributed by atoms with Crippen molar-refractivity contribution in [2.45, 2.75) is 38.8 Å². The minimum Gasteiger partial charge on any atom is -0.477 e. The van der Waals surface area contributed by atoms with Gasteiger partial charge >= 0.3 is 5.97 Å². The number of anilines is 1. The summed E-state index contributed by atoms with van der Waals surface area (Å²) in [6, 6.07) is 16.9. The number of aromatic carboxylic acids is 1. The molecule has 1 aliphatic rings. The van der Waals surface area contributed by atoms with Crippen LogP contribution in [0.3, 0.4) is 0 Å². The monoisotopic (exact) mass is 543 g/mol. The van der Waals surface area contributed by atoms with E-state index in [0.717, 1.165) is 21.9 Å². The Balaban J connectivity index is 1.64. The van der Waals surface area contributed by atoms with Crippen LogP contribution in [0.1, 0.15) is 48.3 Å². The number of carboxylic acid groups (broad SMARTS) is 1. The van der Waals surface area contributed by atoms with Crippen LogP contribution < -0.4 is 15.6 Å². The van der Waals surface area contributed by atoms with Gasteiger partial charge in [0.2, 0.25) is 11.3 Å². The van der Waals surface area contributed by atoms with Gasteiger partial charge in [-0.15, -0.1) is 11.3 Å². The number of aromatic nitrogens is 1. The van der Waals surface area contributed by atoms with Crippen molar-refractivity contribution in [3.63, 3.8) is 0 Å². The molecular weight excluding hydrogens is 517 g/mol. The summed E-state index contributed by atoms with van der Waals surface area (Å²) in [7, 11) is 0. The maximum absolute atomic E-state index is 15.9. The Morgan fingerprint density at radius 1 is 1.05 bits per heavy atom. The number of hydrogen-bond donors (Lipinski definition) is 2. The van der Waals surface area contributed by atoms with Crippen molar-refractivity contribution < 1.29 is 19.1 Å². The van der Waals surface area contributed by atoms with Gasteiger partial charge in [0.1, 0.15) is 22.3 Å². The number of carboxylic acids is 1. The summed E-state index contributed by atoms with van der Waals surface area (Å²) < 4.78 is 18.5. The number of benzene rings is 3. The van der Waals surface area contributed by atoms with Crippen LogP contribution in [-0.4, -0.2) is 33.5 Å². The van der Waals surface area contributed by atoms with Crippen molar-refractivity contribution in [2.75, 3.05) is 11.4 Å².